The molecule has 1 fully saturated rings. The van der Waals surface area contributed by atoms with Crippen LogP contribution in [0.3, 0.4) is 0 Å². The maximum absolute atomic E-state index is 12.4. The van der Waals surface area contributed by atoms with Crippen LogP contribution in [0, 0.1) is 0 Å². The van der Waals surface area contributed by atoms with Gasteiger partial charge in [-0.3, -0.25) is 9.69 Å². The molecule has 0 N–H and O–H groups in total. The second-order valence-corrected chi connectivity index (χ2v) is 5.70. The number of rotatable bonds is 1. The van der Waals surface area contributed by atoms with Crippen molar-refractivity contribution in [2.24, 2.45) is 0 Å². The molecule has 23 heavy (non-hydrogen) atoms. The topological polar surface area (TPSA) is 42.0 Å². The third-order valence-corrected chi connectivity index (χ3v) is 4.37. The molecular weight excluding hydrogens is 312 g/mol. The summed E-state index contributed by atoms with van der Waals surface area (Å²) in [4.78, 5) is 15.7. The molecule has 4 rings (SSSR count). The van der Waals surface area contributed by atoms with Crippen molar-refractivity contribution < 1.29 is 14.3 Å². The van der Waals surface area contributed by atoms with Crippen molar-refractivity contribution in [3.63, 3.8) is 0 Å². The first-order valence-electron chi connectivity index (χ1n) is 7.33. The van der Waals surface area contributed by atoms with E-state index in [4.69, 9.17) is 21.7 Å². The number of ether oxygens (including phenoxy) is 2. The third kappa shape index (κ3) is 1.91. The van der Waals surface area contributed by atoms with Crippen molar-refractivity contribution in [3.8, 4) is 5.75 Å². The normalized spacial score (nSPS) is 20.1. The molecule has 0 atom stereocenters. The minimum absolute atomic E-state index is 0.139. The van der Waals surface area contributed by atoms with Crippen molar-refractivity contribution in [2.45, 2.75) is 6.92 Å². The molecule has 0 aromatic heterocycles. The summed E-state index contributed by atoms with van der Waals surface area (Å²) >= 11 is 5.11. The summed E-state index contributed by atoms with van der Waals surface area (Å²) in [5, 5.41) is 2.33. The standard InChI is InChI=1S/C17H14N2O3S/c1-3-19-15(20)14(22-17(19)23)16-18(2)13-11-7-5-4-6-10(11)8-9-12(13)21-16/h4-9H,3H2,1-2H3/b16-14-. The lowest BCUT2D eigenvalue weighted by Crippen LogP contribution is -2.29. The Morgan fingerprint density at radius 3 is 2.65 bits per heavy atom. The summed E-state index contributed by atoms with van der Waals surface area (Å²) in [7, 11) is 1.86. The maximum Gasteiger partial charge on any atom is 0.302 e. The van der Waals surface area contributed by atoms with Crippen LogP contribution in [-0.2, 0) is 9.53 Å². The highest BCUT2D eigenvalue weighted by atomic mass is 32.1. The largest absolute Gasteiger partial charge is 0.435 e. The van der Waals surface area contributed by atoms with E-state index in [2.05, 4.69) is 0 Å². The van der Waals surface area contributed by atoms with E-state index in [0.717, 1.165) is 16.5 Å². The number of thiocarbonyl (C=S) groups is 1. The molecule has 1 saturated heterocycles. The fourth-order valence-electron chi connectivity index (χ4n) is 2.94. The van der Waals surface area contributed by atoms with Gasteiger partial charge < -0.3 is 14.4 Å². The Bertz CT molecular complexity index is 891. The van der Waals surface area contributed by atoms with Crippen LogP contribution in [0.5, 0.6) is 5.75 Å². The second kappa shape index (κ2) is 4.96. The van der Waals surface area contributed by atoms with Crippen LogP contribution in [0.2, 0.25) is 0 Å². The first-order valence-corrected chi connectivity index (χ1v) is 7.74. The first-order chi connectivity index (χ1) is 11.1. The van der Waals surface area contributed by atoms with Gasteiger partial charge >= 0.3 is 5.91 Å². The van der Waals surface area contributed by atoms with Crippen LogP contribution in [-0.4, -0.2) is 29.6 Å². The molecule has 0 spiro atoms. The van der Waals surface area contributed by atoms with Crippen molar-refractivity contribution in [1.82, 2.24) is 4.90 Å². The van der Waals surface area contributed by atoms with E-state index in [1.807, 2.05) is 55.3 Å². The summed E-state index contributed by atoms with van der Waals surface area (Å²) in [6, 6.07) is 11.9. The van der Waals surface area contributed by atoms with E-state index in [1.54, 1.807) is 0 Å². The Labute approximate surface area is 138 Å². The predicted octanol–water partition coefficient (Wildman–Crippen LogP) is 3.00. The Balaban J connectivity index is 1.86. The summed E-state index contributed by atoms with van der Waals surface area (Å²) < 4.78 is 11.4. The van der Waals surface area contributed by atoms with Gasteiger partial charge in [-0.2, -0.15) is 0 Å². The lowest BCUT2D eigenvalue weighted by atomic mass is 10.1. The van der Waals surface area contributed by atoms with E-state index in [0.29, 0.717) is 18.2 Å². The van der Waals surface area contributed by atoms with Crippen LogP contribution < -0.4 is 9.64 Å². The minimum atomic E-state index is -0.267. The lowest BCUT2D eigenvalue weighted by molar-refractivity contribution is -0.123. The highest BCUT2D eigenvalue weighted by Crippen LogP contribution is 2.44. The van der Waals surface area contributed by atoms with Gasteiger partial charge in [-0.1, -0.05) is 30.3 Å². The van der Waals surface area contributed by atoms with Crippen LogP contribution in [0.25, 0.3) is 10.8 Å². The molecule has 2 aliphatic heterocycles. The van der Waals surface area contributed by atoms with Gasteiger partial charge in [-0.05, 0) is 30.6 Å². The van der Waals surface area contributed by atoms with Crippen molar-refractivity contribution in [1.29, 1.82) is 0 Å². The second-order valence-electron chi connectivity index (χ2n) is 5.35. The van der Waals surface area contributed by atoms with Crippen molar-refractivity contribution in [3.05, 3.63) is 48.0 Å². The zero-order valence-electron chi connectivity index (χ0n) is 12.7. The average Bonchev–Trinajstić information content (AvgIpc) is 3.04. The number of fused-ring (bicyclic) bond motifs is 3. The quantitative estimate of drug-likeness (QED) is 0.595. The van der Waals surface area contributed by atoms with Gasteiger partial charge in [0, 0.05) is 19.0 Å². The summed E-state index contributed by atoms with van der Waals surface area (Å²) in [6.45, 7) is 2.32. The SMILES string of the molecule is CCN1C(=O)/C(=C2/Oc3ccc4ccccc4c3N2C)OC1=S. The van der Waals surface area contributed by atoms with Gasteiger partial charge in [0.15, 0.2) is 5.75 Å². The smallest absolute Gasteiger partial charge is 0.302 e. The molecule has 0 saturated carbocycles. The first kappa shape index (κ1) is 14.0. The Hall–Kier alpha value is -2.60. The highest BCUT2D eigenvalue weighted by molar-refractivity contribution is 7.80. The minimum Gasteiger partial charge on any atom is -0.435 e. The molecule has 0 unspecified atom stereocenters. The fourth-order valence-corrected chi connectivity index (χ4v) is 3.23. The van der Waals surface area contributed by atoms with Crippen LogP contribution in [0.1, 0.15) is 6.92 Å². The van der Waals surface area contributed by atoms with Crippen LogP contribution in [0.15, 0.2) is 48.0 Å². The maximum atomic E-state index is 12.4. The number of hydrogen-bond acceptors (Lipinski definition) is 5. The molecular formula is C17H14N2O3S. The fraction of sp³-hybridized carbons (Fsp3) is 0.176. The van der Waals surface area contributed by atoms with E-state index in [-0.39, 0.29) is 16.8 Å². The number of likely N-dealkylation sites (N-methyl/N-ethyl adjacent to an activating group) is 1. The molecule has 2 aliphatic rings. The average molecular weight is 326 g/mol. The van der Waals surface area contributed by atoms with Crippen LogP contribution in [0.4, 0.5) is 5.69 Å². The lowest BCUT2D eigenvalue weighted by Gasteiger charge is -2.13. The Morgan fingerprint density at radius 2 is 1.91 bits per heavy atom. The molecule has 116 valence electrons. The van der Waals surface area contributed by atoms with E-state index in [9.17, 15) is 4.79 Å². The monoisotopic (exact) mass is 326 g/mol. The molecule has 6 heteroatoms. The van der Waals surface area contributed by atoms with E-state index in [1.165, 1.54) is 4.90 Å². The number of amides is 1. The third-order valence-electron chi connectivity index (χ3n) is 4.07. The highest BCUT2D eigenvalue weighted by Gasteiger charge is 2.40. The van der Waals surface area contributed by atoms with Crippen molar-refractivity contribution in [2.75, 3.05) is 18.5 Å². The Kier molecular flexibility index (Phi) is 3.02. The molecule has 2 aromatic carbocycles. The number of benzene rings is 2. The molecule has 0 aliphatic carbocycles. The van der Waals surface area contributed by atoms with E-state index < -0.39 is 0 Å². The number of carbonyl (C=O) groups is 1. The molecule has 2 aromatic rings. The van der Waals surface area contributed by atoms with Gasteiger partial charge in [0.25, 0.3) is 10.9 Å². The molecule has 5 nitrogen and oxygen atoms in total. The van der Waals surface area contributed by atoms with Crippen molar-refractivity contribution >= 4 is 39.8 Å². The molecule has 1 amide bonds. The molecule has 0 bridgehead atoms. The summed E-state index contributed by atoms with van der Waals surface area (Å²) in [5.41, 5.74) is 0.919. The Morgan fingerprint density at radius 1 is 1.13 bits per heavy atom. The molecule has 0 radical (unpaired) electrons. The van der Waals surface area contributed by atoms with Crippen LogP contribution >= 0.6 is 12.2 Å². The zero-order chi connectivity index (χ0) is 16.1. The zero-order valence-corrected chi connectivity index (χ0v) is 13.5. The van der Waals surface area contributed by atoms with Gasteiger partial charge in [-0.15, -0.1) is 0 Å². The number of hydrogen-bond donors (Lipinski definition) is 0. The predicted molar refractivity (Wildman–Crippen MR) is 91.1 cm³/mol. The van der Waals surface area contributed by atoms with Gasteiger partial charge in [0.1, 0.15) is 0 Å². The molecule has 2 heterocycles. The van der Waals surface area contributed by atoms with E-state index >= 15 is 0 Å². The van der Waals surface area contributed by atoms with Gasteiger partial charge in [0.2, 0.25) is 5.88 Å². The summed E-state index contributed by atoms with van der Waals surface area (Å²) in [6.07, 6.45) is 0. The number of carbonyl (C=O) groups excluding carboxylic acids is 1. The van der Waals surface area contributed by atoms with Gasteiger partial charge in [0.05, 0.1) is 5.69 Å². The number of anilines is 1. The summed E-state index contributed by atoms with van der Waals surface area (Å²) in [5.74, 6) is 0.946. The number of nitrogens with zero attached hydrogens (tertiary/aromatic N) is 2. The van der Waals surface area contributed by atoms with Gasteiger partial charge in [-0.25, -0.2) is 0 Å².